The molecule has 0 amide bonds. The summed E-state index contributed by atoms with van der Waals surface area (Å²) in [6.07, 6.45) is 0.467. The number of aryl methyl sites for hydroxylation is 1. The quantitative estimate of drug-likeness (QED) is 0.821. The number of carbonyl (C=O) groups excluding carboxylic acids is 1. The lowest BCUT2D eigenvalue weighted by Crippen LogP contribution is -2.15. The van der Waals surface area contributed by atoms with Crippen molar-refractivity contribution in [1.29, 1.82) is 0 Å². The summed E-state index contributed by atoms with van der Waals surface area (Å²) < 4.78 is 5.40. The molecule has 1 heterocycles. The number of ketones is 1. The largest absolute Gasteiger partial charge is 0.441 e. The van der Waals surface area contributed by atoms with Crippen molar-refractivity contribution < 1.29 is 9.21 Å². The number of fused-ring (bicyclic) bond motifs is 1. The molecule has 1 atom stereocenters. The zero-order valence-electron chi connectivity index (χ0n) is 10.1. The van der Waals surface area contributed by atoms with Crippen LogP contribution in [-0.4, -0.2) is 17.3 Å². The highest BCUT2D eigenvalue weighted by atomic mass is 16.3. The number of nitrogens with zero attached hydrogens (tertiary/aromatic N) is 1. The molecule has 0 saturated heterocycles. The minimum atomic E-state index is 0.0962. The van der Waals surface area contributed by atoms with Crippen LogP contribution in [0.5, 0.6) is 0 Å². The lowest BCUT2D eigenvalue weighted by Gasteiger charge is -2.06. The van der Waals surface area contributed by atoms with Gasteiger partial charge in [0.2, 0.25) is 0 Å². The summed E-state index contributed by atoms with van der Waals surface area (Å²) in [6, 6.07) is 5.35. The Morgan fingerprint density at radius 2 is 2.29 bits per heavy atom. The molecule has 0 saturated carbocycles. The highest BCUT2D eigenvalue weighted by Crippen LogP contribution is 2.18. The third-order valence-electron chi connectivity index (χ3n) is 2.75. The van der Waals surface area contributed by atoms with E-state index in [0.717, 1.165) is 5.52 Å². The van der Waals surface area contributed by atoms with Crippen molar-refractivity contribution in [2.45, 2.75) is 20.3 Å². The number of rotatable bonds is 4. The number of oxazole rings is 1. The highest BCUT2D eigenvalue weighted by Gasteiger charge is 2.12. The van der Waals surface area contributed by atoms with Gasteiger partial charge in [0.15, 0.2) is 17.3 Å². The third-order valence-corrected chi connectivity index (χ3v) is 2.75. The molecule has 0 aliphatic carbocycles. The Morgan fingerprint density at radius 1 is 1.53 bits per heavy atom. The van der Waals surface area contributed by atoms with E-state index in [4.69, 9.17) is 10.2 Å². The maximum Gasteiger partial charge on any atom is 0.192 e. The summed E-state index contributed by atoms with van der Waals surface area (Å²) in [5.74, 6) is 0.911. The van der Waals surface area contributed by atoms with Crippen LogP contribution in [-0.2, 0) is 0 Å². The lowest BCUT2D eigenvalue weighted by molar-refractivity contribution is 0.0966. The molecule has 2 rings (SSSR count). The zero-order valence-corrected chi connectivity index (χ0v) is 10.1. The summed E-state index contributed by atoms with van der Waals surface area (Å²) >= 11 is 0. The summed E-state index contributed by atoms with van der Waals surface area (Å²) in [6.45, 7) is 4.28. The molecule has 0 aliphatic rings. The molecule has 17 heavy (non-hydrogen) atoms. The summed E-state index contributed by atoms with van der Waals surface area (Å²) in [5, 5.41) is 0. The maximum absolute atomic E-state index is 11.9. The molecule has 0 fully saturated rings. The normalized spacial score (nSPS) is 12.9. The number of carbonyl (C=O) groups is 1. The molecule has 0 radical (unpaired) electrons. The second-order valence-electron chi connectivity index (χ2n) is 4.38. The van der Waals surface area contributed by atoms with E-state index in [2.05, 4.69) is 4.98 Å². The molecular formula is C13H16N2O2. The van der Waals surface area contributed by atoms with Crippen molar-refractivity contribution in [3.05, 3.63) is 29.7 Å². The fourth-order valence-electron chi connectivity index (χ4n) is 1.73. The van der Waals surface area contributed by atoms with Crippen LogP contribution in [0.15, 0.2) is 22.6 Å². The van der Waals surface area contributed by atoms with Gasteiger partial charge in [0.05, 0.1) is 0 Å². The molecule has 0 spiro atoms. The van der Waals surface area contributed by atoms with Crippen LogP contribution >= 0.6 is 0 Å². The number of hydrogen-bond acceptors (Lipinski definition) is 4. The minimum Gasteiger partial charge on any atom is -0.441 e. The van der Waals surface area contributed by atoms with Crippen LogP contribution < -0.4 is 5.73 Å². The standard InChI is InChI=1S/C13H16N2O2/c1-8(7-14)5-12(16)10-3-4-11-13(6-10)17-9(2)15-11/h3-4,6,8H,5,7,14H2,1-2H3. The van der Waals surface area contributed by atoms with Crippen LogP contribution in [0.4, 0.5) is 0 Å². The second-order valence-corrected chi connectivity index (χ2v) is 4.38. The topological polar surface area (TPSA) is 69.1 Å². The van der Waals surface area contributed by atoms with E-state index in [1.165, 1.54) is 0 Å². The summed E-state index contributed by atoms with van der Waals surface area (Å²) in [7, 11) is 0. The van der Waals surface area contributed by atoms with Gasteiger partial charge in [-0.1, -0.05) is 6.92 Å². The van der Waals surface area contributed by atoms with Crippen LogP contribution in [0.1, 0.15) is 29.6 Å². The Hall–Kier alpha value is -1.68. The fraction of sp³-hybridized carbons (Fsp3) is 0.385. The maximum atomic E-state index is 11.9. The van der Waals surface area contributed by atoms with Crippen molar-refractivity contribution in [3.63, 3.8) is 0 Å². The lowest BCUT2D eigenvalue weighted by atomic mass is 10.00. The van der Waals surface area contributed by atoms with E-state index in [1.54, 1.807) is 19.1 Å². The van der Waals surface area contributed by atoms with E-state index in [1.807, 2.05) is 13.0 Å². The van der Waals surface area contributed by atoms with Crippen molar-refractivity contribution >= 4 is 16.9 Å². The molecule has 2 N–H and O–H groups in total. The van der Waals surface area contributed by atoms with E-state index in [-0.39, 0.29) is 11.7 Å². The van der Waals surface area contributed by atoms with Crippen LogP contribution in [0.25, 0.3) is 11.1 Å². The Bertz CT molecular complexity index is 545. The van der Waals surface area contributed by atoms with Gasteiger partial charge in [-0.15, -0.1) is 0 Å². The summed E-state index contributed by atoms with van der Waals surface area (Å²) in [4.78, 5) is 16.1. The molecule has 0 bridgehead atoms. The smallest absolute Gasteiger partial charge is 0.192 e. The monoisotopic (exact) mass is 232 g/mol. The highest BCUT2D eigenvalue weighted by molar-refractivity contribution is 5.98. The number of aromatic nitrogens is 1. The Balaban J connectivity index is 2.26. The first-order valence-electron chi connectivity index (χ1n) is 5.70. The molecule has 1 unspecified atom stereocenters. The first kappa shape index (κ1) is 11.8. The SMILES string of the molecule is Cc1nc2ccc(C(=O)CC(C)CN)cc2o1. The van der Waals surface area contributed by atoms with Gasteiger partial charge in [0, 0.05) is 18.9 Å². The number of nitrogens with two attached hydrogens (primary N) is 1. The van der Waals surface area contributed by atoms with Crippen LogP contribution in [0.2, 0.25) is 0 Å². The molecular weight excluding hydrogens is 216 g/mol. The average Bonchev–Trinajstić information content (AvgIpc) is 2.67. The Kier molecular flexibility index (Phi) is 3.24. The van der Waals surface area contributed by atoms with E-state index >= 15 is 0 Å². The molecule has 0 aliphatic heterocycles. The minimum absolute atomic E-state index is 0.0962. The first-order valence-corrected chi connectivity index (χ1v) is 5.70. The van der Waals surface area contributed by atoms with Gasteiger partial charge in [-0.3, -0.25) is 4.79 Å². The zero-order chi connectivity index (χ0) is 12.4. The average molecular weight is 232 g/mol. The van der Waals surface area contributed by atoms with Crippen molar-refractivity contribution in [1.82, 2.24) is 4.98 Å². The first-order chi connectivity index (χ1) is 8.10. The van der Waals surface area contributed by atoms with E-state index in [0.29, 0.717) is 30.0 Å². The predicted molar refractivity (Wildman–Crippen MR) is 65.9 cm³/mol. The van der Waals surface area contributed by atoms with Gasteiger partial charge in [0.25, 0.3) is 0 Å². The molecule has 4 heteroatoms. The van der Waals surface area contributed by atoms with E-state index < -0.39 is 0 Å². The molecule has 1 aromatic carbocycles. The van der Waals surface area contributed by atoms with E-state index in [9.17, 15) is 4.79 Å². The molecule has 4 nitrogen and oxygen atoms in total. The van der Waals surface area contributed by atoms with Gasteiger partial charge >= 0.3 is 0 Å². The third kappa shape index (κ3) is 2.53. The Labute approximate surface area is 99.8 Å². The van der Waals surface area contributed by atoms with Crippen LogP contribution in [0.3, 0.4) is 0 Å². The van der Waals surface area contributed by atoms with Gasteiger partial charge in [-0.25, -0.2) is 4.98 Å². The second kappa shape index (κ2) is 4.67. The molecule has 2 aromatic rings. The number of Topliss-reactive ketones (excluding diaryl/α,β-unsaturated/α-hetero) is 1. The van der Waals surface area contributed by atoms with Gasteiger partial charge < -0.3 is 10.2 Å². The number of hydrogen-bond donors (Lipinski definition) is 1. The van der Waals surface area contributed by atoms with Crippen molar-refractivity contribution in [3.8, 4) is 0 Å². The molecule has 90 valence electrons. The summed E-state index contributed by atoms with van der Waals surface area (Å²) in [5.41, 5.74) is 7.62. The molecule has 1 aromatic heterocycles. The predicted octanol–water partition coefficient (Wildman–Crippen LogP) is 2.30. The van der Waals surface area contributed by atoms with Crippen LogP contribution in [0, 0.1) is 12.8 Å². The van der Waals surface area contributed by atoms with Gasteiger partial charge in [-0.2, -0.15) is 0 Å². The Morgan fingerprint density at radius 3 is 3.00 bits per heavy atom. The van der Waals surface area contributed by atoms with Crippen molar-refractivity contribution in [2.24, 2.45) is 11.7 Å². The van der Waals surface area contributed by atoms with Gasteiger partial charge in [0.1, 0.15) is 5.52 Å². The van der Waals surface area contributed by atoms with Crippen molar-refractivity contribution in [2.75, 3.05) is 6.54 Å². The fourth-order valence-corrected chi connectivity index (χ4v) is 1.73. The van der Waals surface area contributed by atoms with Gasteiger partial charge in [-0.05, 0) is 30.7 Å². The number of benzene rings is 1.